The molecule has 228 valence electrons. The van der Waals surface area contributed by atoms with E-state index in [-0.39, 0.29) is 13.0 Å². The number of esters is 1. The van der Waals surface area contributed by atoms with Crippen molar-refractivity contribution in [2.75, 3.05) is 34.4 Å². The van der Waals surface area contributed by atoms with Crippen LogP contribution in [0.5, 0.6) is 17.2 Å². The van der Waals surface area contributed by atoms with Gasteiger partial charge in [-0.1, -0.05) is 18.2 Å². The molecule has 1 N–H and O–H groups in total. The third kappa shape index (κ3) is 7.32. The van der Waals surface area contributed by atoms with E-state index in [1.54, 1.807) is 57.8 Å². The first-order valence-corrected chi connectivity index (χ1v) is 15.3. The molecule has 13 heteroatoms. The van der Waals surface area contributed by atoms with Gasteiger partial charge >= 0.3 is 11.9 Å². The second-order valence-electron chi connectivity index (χ2n) is 10.1. The molecule has 0 saturated carbocycles. The Morgan fingerprint density at radius 1 is 1.10 bits per heavy atom. The van der Waals surface area contributed by atoms with E-state index < -0.39 is 46.1 Å². The first-order valence-electron chi connectivity index (χ1n) is 13.8. The van der Waals surface area contributed by atoms with Crippen LogP contribution in [0.15, 0.2) is 47.6 Å². The third-order valence-corrected chi connectivity index (χ3v) is 9.65. The standard InChI is InChI=1S/C29H37N3O9S/c1-31-27(14-15-30-31)42(36,37)32-16-5-4-9-23(32)29(35)41-24(21-7-6-8-22(18-21)40-19-28(33)34)12-10-20-11-13-25(38-2)26(17-20)39-3/h6-8,11,13,15,17-18,23-24,27H,4-5,9-10,12,14,16,19H2,1-3H3,(H,33,34)/t23-,24+,27?/m0/s1. The van der Waals surface area contributed by atoms with Crippen molar-refractivity contribution in [1.29, 1.82) is 0 Å². The van der Waals surface area contributed by atoms with Gasteiger partial charge < -0.3 is 24.1 Å². The number of rotatable bonds is 13. The van der Waals surface area contributed by atoms with E-state index in [0.717, 1.165) is 5.56 Å². The summed E-state index contributed by atoms with van der Waals surface area (Å²) < 4.78 is 50.6. The number of ether oxygens (including phenoxy) is 4. The van der Waals surface area contributed by atoms with Crippen molar-refractivity contribution in [3.05, 3.63) is 53.6 Å². The fraction of sp³-hybridized carbons (Fsp3) is 0.483. The summed E-state index contributed by atoms with van der Waals surface area (Å²) >= 11 is 0. The van der Waals surface area contributed by atoms with E-state index in [2.05, 4.69) is 5.10 Å². The highest BCUT2D eigenvalue weighted by Crippen LogP contribution is 2.33. The molecule has 2 aliphatic heterocycles. The maximum Gasteiger partial charge on any atom is 0.341 e. The molecule has 4 rings (SSSR count). The zero-order valence-electron chi connectivity index (χ0n) is 24.0. The molecule has 2 heterocycles. The monoisotopic (exact) mass is 603 g/mol. The Morgan fingerprint density at radius 2 is 1.88 bits per heavy atom. The van der Waals surface area contributed by atoms with Gasteiger partial charge in [-0.05, 0) is 67.5 Å². The summed E-state index contributed by atoms with van der Waals surface area (Å²) in [5, 5.41) is 13.6. The Bertz CT molecular complexity index is 1400. The summed E-state index contributed by atoms with van der Waals surface area (Å²) in [7, 11) is 0.843. The molecule has 1 unspecified atom stereocenters. The minimum Gasteiger partial charge on any atom is -0.493 e. The Morgan fingerprint density at radius 3 is 2.57 bits per heavy atom. The molecule has 2 aromatic rings. The summed E-state index contributed by atoms with van der Waals surface area (Å²) in [5.74, 6) is -0.281. The minimum atomic E-state index is -3.87. The summed E-state index contributed by atoms with van der Waals surface area (Å²) in [6.07, 6.45) is 3.58. The fourth-order valence-corrected chi connectivity index (χ4v) is 7.22. The second kappa shape index (κ2) is 13.9. The van der Waals surface area contributed by atoms with Gasteiger partial charge in [-0.15, -0.1) is 0 Å². The molecule has 1 saturated heterocycles. The zero-order valence-corrected chi connectivity index (χ0v) is 24.8. The quantitative estimate of drug-likeness (QED) is 0.339. The average molecular weight is 604 g/mol. The van der Waals surface area contributed by atoms with Gasteiger partial charge in [-0.3, -0.25) is 9.80 Å². The molecule has 3 atom stereocenters. The summed E-state index contributed by atoms with van der Waals surface area (Å²) in [4.78, 5) is 24.7. The Kier molecular flexibility index (Phi) is 10.3. The van der Waals surface area contributed by atoms with Crippen LogP contribution in [-0.4, -0.2) is 86.8 Å². The summed E-state index contributed by atoms with van der Waals surface area (Å²) in [6.45, 7) is -0.297. The van der Waals surface area contributed by atoms with Crippen LogP contribution >= 0.6 is 0 Å². The summed E-state index contributed by atoms with van der Waals surface area (Å²) in [6, 6.07) is 11.3. The van der Waals surface area contributed by atoms with Crippen molar-refractivity contribution < 1.29 is 42.1 Å². The zero-order chi connectivity index (χ0) is 30.3. The SMILES string of the molecule is COc1ccc(CC[C@@H](OC(=O)[C@@H]2CCCCN2S(=O)(=O)C2CC=NN2C)c2cccc(OCC(=O)O)c2)cc1OC. The number of carboxylic acid groups (broad SMARTS) is 1. The van der Waals surface area contributed by atoms with Crippen molar-refractivity contribution in [2.24, 2.45) is 5.10 Å². The van der Waals surface area contributed by atoms with Gasteiger partial charge in [-0.2, -0.15) is 9.41 Å². The molecule has 2 aromatic carbocycles. The van der Waals surface area contributed by atoms with Crippen LogP contribution in [0.1, 0.15) is 49.3 Å². The van der Waals surface area contributed by atoms with E-state index >= 15 is 0 Å². The molecule has 0 bridgehead atoms. The van der Waals surface area contributed by atoms with Crippen LogP contribution in [0.2, 0.25) is 0 Å². The van der Waals surface area contributed by atoms with Crippen LogP contribution in [0.4, 0.5) is 0 Å². The lowest BCUT2D eigenvalue weighted by Crippen LogP contribution is -2.53. The van der Waals surface area contributed by atoms with Gasteiger partial charge in [0.15, 0.2) is 23.5 Å². The smallest absolute Gasteiger partial charge is 0.341 e. The molecule has 1 fully saturated rings. The number of piperidine rings is 1. The van der Waals surface area contributed by atoms with Crippen LogP contribution in [0, 0.1) is 0 Å². The number of hydrogen-bond donors (Lipinski definition) is 1. The van der Waals surface area contributed by atoms with Crippen molar-refractivity contribution >= 4 is 28.2 Å². The Balaban J connectivity index is 1.58. The van der Waals surface area contributed by atoms with Gasteiger partial charge in [0.2, 0.25) is 10.0 Å². The number of methoxy groups -OCH3 is 2. The van der Waals surface area contributed by atoms with Gasteiger partial charge in [0, 0.05) is 26.2 Å². The van der Waals surface area contributed by atoms with Crippen molar-refractivity contribution in [2.45, 2.75) is 56.0 Å². The normalized spacial score (nSPS) is 19.7. The molecule has 42 heavy (non-hydrogen) atoms. The Hall–Kier alpha value is -3.84. The van der Waals surface area contributed by atoms with E-state index in [4.69, 9.17) is 24.1 Å². The number of aliphatic carboxylic acids is 1. The lowest BCUT2D eigenvalue weighted by Gasteiger charge is -2.36. The minimum absolute atomic E-state index is 0.223. The highest BCUT2D eigenvalue weighted by atomic mass is 32.2. The fourth-order valence-electron chi connectivity index (χ4n) is 5.20. The largest absolute Gasteiger partial charge is 0.493 e. The number of nitrogens with zero attached hydrogens (tertiary/aromatic N) is 3. The molecule has 0 spiro atoms. The van der Waals surface area contributed by atoms with Crippen molar-refractivity contribution in [3.63, 3.8) is 0 Å². The van der Waals surface area contributed by atoms with Gasteiger partial charge in [-0.25, -0.2) is 13.2 Å². The first kappa shape index (κ1) is 31.1. The number of carbonyl (C=O) groups is 2. The highest BCUT2D eigenvalue weighted by molar-refractivity contribution is 7.89. The first-order chi connectivity index (χ1) is 20.1. The highest BCUT2D eigenvalue weighted by Gasteiger charge is 2.44. The van der Waals surface area contributed by atoms with Crippen LogP contribution in [-0.2, 0) is 30.8 Å². The molecule has 0 aliphatic carbocycles. The lowest BCUT2D eigenvalue weighted by molar-refractivity contribution is -0.155. The molecule has 2 aliphatic rings. The number of carbonyl (C=O) groups excluding carboxylic acids is 1. The van der Waals surface area contributed by atoms with Crippen LogP contribution in [0.3, 0.4) is 0 Å². The van der Waals surface area contributed by atoms with E-state index in [1.807, 2.05) is 12.1 Å². The molecule has 0 amide bonds. The van der Waals surface area contributed by atoms with Gasteiger partial charge in [0.25, 0.3) is 0 Å². The number of sulfonamides is 1. The maximum absolute atomic E-state index is 13.7. The van der Waals surface area contributed by atoms with Crippen molar-refractivity contribution in [3.8, 4) is 17.2 Å². The van der Waals surface area contributed by atoms with Crippen molar-refractivity contribution in [1.82, 2.24) is 9.31 Å². The number of hydrogen-bond acceptors (Lipinski definition) is 10. The number of benzene rings is 2. The number of carboxylic acids is 1. The van der Waals surface area contributed by atoms with E-state index in [0.29, 0.717) is 54.9 Å². The molecule has 0 aromatic heterocycles. The molecular formula is C29H37N3O9S. The second-order valence-corrected chi connectivity index (χ2v) is 12.2. The maximum atomic E-state index is 13.7. The van der Waals surface area contributed by atoms with Crippen LogP contribution < -0.4 is 14.2 Å². The lowest BCUT2D eigenvalue weighted by atomic mass is 10.00. The predicted molar refractivity (Wildman–Crippen MR) is 154 cm³/mol. The van der Waals surface area contributed by atoms with Crippen LogP contribution in [0.25, 0.3) is 0 Å². The van der Waals surface area contributed by atoms with E-state index in [9.17, 15) is 18.0 Å². The topological polar surface area (TPSA) is 144 Å². The predicted octanol–water partition coefficient (Wildman–Crippen LogP) is 3.22. The molecule has 0 radical (unpaired) electrons. The van der Waals surface area contributed by atoms with Gasteiger partial charge in [0.1, 0.15) is 17.9 Å². The summed E-state index contributed by atoms with van der Waals surface area (Å²) in [5.41, 5.74) is 1.51. The number of hydrazone groups is 1. The van der Waals surface area contributed by atoms with E-state index in [1.165, 1.54) is 9.31 Å². The Labute approximate surface area is 245 Å². The molecular weight excluding hydrogens is 566 g/mol. The van der Waals surface area contributed by atoms with Gasteiger partial charge in [0.05, 0.1) is 14.2 Å². The average Bonchev–Trinajstić information content (AvgIpc) is 3.44. The molecule has 12 nitrogen and oxygen atoms in total. The number of aryl methyl sites for hydroxylation is 1. The third-order valence-electron chi connectivity index (χ3n) is 7.38.